The van der Waals surface area contributed by atoms with E-state index < -0.39 is 0 Å². The summed E-state index contributed by atoms with van der Waals surface area (Å²) in [6.07, 6.45) is 2.95. The molecular weight excluding hydrogens is 240 g/mol. The van der Waals surface area contributed by atoms with Crippen molar-refractivity contribution in [1.29, 1.82) is 0 Å². The zero-order chi connectivity index (χ0) is 13.2. The Hall–Kier alpha value is -0.870. The molecule has 0 aliphatic carbocycles. The Kier molecular flexibility index (Phi) is 4.33. The van der Waals surface area contributed by atoms with Gasteiger partial charge in [-0.1, -0.05) is 20.8 Å². The zero-order valence-electron chi connectivity index (χ0n) is 10.9. The number of hydrogen-bond acceptors (Lipinski definition) is 2. The molecule has 1 aliphatic rings. The molecule has 3 amide bonds. The second kappa shape index (κ2) is 5.19. The van der Waals surface area contributed by atoms with Gasteiger partial charge in [0.15, 0.2) is 0 Å². The van der Waals surface area contributed by atoms with E-state index in [1.807, 2.05) is 20.8 Å². The van der Waals surface area contributed by atoms with Gasteiger partial charge in [0, 0.05) is 23.9 Å². The van der Waals surface area contributed by atoms with Crippen molar-refractivity contribution in [3.05, 3.63) is 11.8 Å². The Morgan fingerprint density at radius 3 is 2.47 bits per heavy atom. The lowest BCUT2D eigenvalue weighted by Crippen LogP contribution is -2.61. The van der Waals surface area contributed by atoms with Crippen molar-refractivity contribution in [2.75, 3.05) is 13.6 Å². The van der Waals surface area contributed by atoms with E-state index >= 15 is 0 Å². The molecule has 0 N–H and O–H groups in total. The molecule has 0 aromatic carbocycles. The topological polar surface area (TPSA) is 37.4 Å². The van der Waals surface area contributed by atoms with Gasteiger partial charge in [-0.25, -0.2) is 9.59 Å². The Labute approximate surface area is 108 Å². The fraction of sp³-hybridized carbons (Fsp3) is 0.667. The predicted molar refractivity (Wildman–Crippen MR) is 67.0 cm³/mol. The normalized spacial score (nSPS) is 27.1. The van der Waals surface area contributed by atoms with Gasteiger partial charge in [0.2, 0.25) is 0 Å². The van der Waals surface area contributed by atoms with Crippen molar-refractivity contribution in [2.45, 2.75) is 33.6 Å². The summed E-state index contributed by atoms with van der Waals surface area (Å²) >= 11 is 5.86. The monoisotopic (exact) mass is 259 g/mol. The maximum Gasteiger partial charge on any atom is 0.445 e. The van der Waals surface area contributed by atoms with E-state index in [9.17, 15) is 9.59 Å². The SMILES string of the molecule is CCC1=CN(Cl)C(=O)[N+](C)(CC(C)CC)C1=O. The van der Waals surface area contributed by atoms with Gasteiger partial charge in [-0.15, -0.1) is 0 Å². The third-order valence-corrected chi connectivity index (χ3v) is 3.59. The summed E-state index contributed by atoms with van der Waals surface area (Å²) in [6, 6.07) is -0.367. The van der Waals surface area contributed by atoms with Gasteiger partial charge in [0.05, 0.1) is 19.2 Å². The number of quaternary nitrogens is 1. The molecule has 0 aromatic rings. The van der Waals surface area contributed by atoms with Crippen LogP contribution in [0.25, 0.3) is 0 Å². The smallest absolute Gasteiger partial charge is 0.225 e. The molecule has 0 saturated heterocycles. The van der Waals surface area contributed by atoms with Crippen LogP contribution in [-0.2, 0) is 4.79 Å². The minimum absolute atomic E-state index is 0.130. The van der Waals surface area contributed by atoms with Crippen LogP contribution >= 0.6 is 11.8 Å². The van der Waals surface area contributed by atoms with Gasteiger partial charge >= 0.3 is 11.9 Å². The Morgan fingerprint density at radius 1 is 1.41 bits per heavy atom. The largest absolute Gasteiger partial charge is 0.445 e. The molecular formula is C12H20ClN2O2+. The minimum atomic E-state index is -0.367. The maximum atomic E-state index is 12.3. The molecule has 2 unspecified atom stereocenters. The standard InChI is InChI=1S/C12H20ClN2O2/c1-5-9(3)8-15(4)11(16)10(6-2)7-14(13)12(15)17/h7,9H,5-6,8H2,1-4H3/q+1. The minimum Gasteiger partial charge on any atom is -0.225 e. The van der Waals surface area contributed by atoms with E-state index in [0.29, 0.717) is 24.5 Å². The fourth-order valence-corrected chi connectivity index (χ4v) is 2.30. The third-order valence-electron chi connectivity index (χ3n) is 3.35. The number of likely N-dealkylation sites (N-methyl/N-ethyl adjacent to an activating group) is 1. The summed E-state index contributed by atoms with van der Waals surface area (Å²) in [5, 5.41) is 0. The fourth-order valence-electron chi connectivity index (χ4n) is 2.02. The van der Waals surface area contributed by atoms with Crippen LogP contribution in [0.3, 0.4) is 0 Å². The van der Waals surface area contributed by atoms with Crippen LogP contribution in [0, 0.1) is 5.92 Å². The van der Waals surface area contributed by atoms with E-state index in [0.717, 1.165) is 10.8 Å². The maximum absolute atomic E-state index is 12.3. The number of rotatable bonds is 4. The van der Waals surface area contributed by atoms with Crippen LogP contribution in [-0.4, -0.2) is 34.4 Å². The first-order valence-electron chi connectivity index (χ1n) is 5.97. The second-order valence-corrected chi connectivity index (χ2v) is 5.16. The molecule has 1 heterocycles. The van der Waals surface area contributed by atoms with Crippen molar-refractivity contribution in [3.63, 3.8) is 0 Å². The summed E-state index contributed by atoms with van der Waals surface area (Å²) in [6.45, 7) is 6.46. The number of nitrogens with zero attached hydrogens (tertiary/aromatic N) is 2. The Morgan fingerprint density at radius 2 is 2.00 bits per heavy atom. The Balaban J connectivity index is 3.09. The average Bonchev–Trinajstić information content (AvgIpc) is 2.31. The molecule has 5 heteroatoms. The highest BCUT2D eigenvalue weighted by molar-refractivity contribution is 6.23. The zero-order valence-corrected chi connectivity index (χ0v) is 11.6. The molecule has 4 nitrogen and oxygen atoms in total. The summed E-state index contributed by atoms with van der Waals surface area (Å²) in [7, 11) is 1.65. The molecule has 0 aromatic heterocycles. The first kappa shape index (κ1) is 14.2. The average molecular weight is 260 g/mol. The first-order valence-corrected chi connectivity index (χ1v) is 6.31. The van der Waals surface area contributed by atoms with Crippen LogP contribution in [0.2, 0.25) is 0 Å². The highest BCUT2D eigenvalue weighted by Gasteiger charge is 2.48. The molecule has 2 atom stereocenters. The van der Waals surface area contributed by atoms with E-state index in [1.165, 1.54) is 6.20 Å². The van der Waals surface area contributed by atoms with Crippen molar-refractivity contribution in [1.82, 2.24) is 4.42 Å². The van der Waals surface area contributed by atoms with E-state index in [-0.39, 0.29) is 16.4 Å². The summed E-state index contributed by atoms with van der Waals surface area (Å²) in [5.74, 6) is 0.170. The predicted octanol–water partition coefficient (Wildman–Crippen LogP) is 2.89. The number of urea groups is 1. The van der Waals surface area contributed by atoms with Crippen LogP contribution in [0.1, 0.15) is 33.6 Å². The van der Waals surface area contributed by atoms with Crippen molar-refractivity contribution >= 4 is 23.7 Å². The molecule has 1 rings (SSSR count). The molecule has 1 aliphatic heterocycles. The number of amides is 3. The quantitative estimate of drug-likeness (QED) is 0.575. The number of halogens is 1. The summed E-state index contributed by atoms with van der Waals surface area (Å²) in [5.41, 5.74) is 0.602. The van der Waals surface area contributed by atoms with Gasteiger partial charge in [-0.2, -0.15) is 8.90 Å². The number of carbonyl (C=O) groups is 2. The molecule has 0 fully saturated rings. The lowest BCUT2D eigenvalue weighted by atomic mass is 10.0. The lowest BCUT2D eigenvalue weighted by Gasteiger charge is -2.35. The van der Waals surface area contributed by atoms with E-state index in [4.69, 9.17) is 11.8 Å². The van der Waals surface area contributed by atoms with E-state index in [1.54, 1.807) is 7.05 Å². The number of carbonyl (C=O) groups excluding carboxylic acids is 2. The highest BCUT2D eigenvalue weighted by Crippen LogP contribution is 2.26. The van der Waals surface area contributed by atoms with Crippen molar-refractivity contribution in [2.24, 2.45) is 5.92 Å². The summed E-state index contributed by atoms with van der Waals surface area (Å²) in [4.78, 5) is 24.4. The first-order chi connectivity index (χ1) is 7.86. The van der Waals surface area contributed by atoms with Gasteiger partial charge in [-0.3, -0.25) is 0 Å². The molecule has 0 bridgehead atoms. The van der Waals surface area contributed by atoms with Crippen LogP contribution in [0.5, 0.6) is 0 Å². The third kappa shape index (κ3) is 2.53. The van der Waals surface area contributed by atoms with Gasteiger partial charge < -0.3 is 0 Å². The van der Waals surface area contributed by atoms with Crippen LogP contribution < -0.4 is 0 Å². The molecule has 0 radical (unpaired) electrons. The number of hydrogen-bond donors (Lipinski definition) is 0. The highest BCUT2D eigenvalue weighted by atomic mass is 35.5. The molecule has 0 saturated carbocycles. The van der Waals surface area contributed by atoms with E-state index in [2.05, 4.69) is 0 Å². The van der Waals surface area contributed by atoms with Crippen molar-refractivity contribution in [3.8, 4) is 0 Å². The Bertz CT molecular complexity index is 368. The van der Waals surface area contributed by atoms with Gasteiger partial charge in [0.1, 0.15) is 0 Å². The second-order valence-electron chi connectivity index (χ2n) is 4.79. The van der Waals surface area contributed by atoms with Crippen LogP contribution in [0.4, 0.5) is 4.79 Å². The molecule has 17 heavy (non-hydrogen) atoms. The van der Waals surface area contributed by atoms with Gasteiger partial charge in [-0.05, 0) is 12.8 Å². The lowest BCUT2D eigenvalue weighted by molar-refractivity contribution is -0.757. The van der Waals surface area contributed by atoms with Crippen LogP contribution in [0.15, 0.2) is 11.8 Å². The molecule has 0 spiro atoms. The summed E-state index contributed by atoms with van der Waals surface area (Å²) < 4.78 is 0.765. The van der Waals surface area contributed by atoms with Gasteiger partial charge in [0.25, 0.3) is 0 Å². The van der Waals surface area contributed by atoms with Crippen molar-refractivity contribution < 1.29 is 14.1 Å². The molecule has 96 valence electrons. The number of imide groups is 1.